The number of carbonyl (C=O) groups excluding carboxylic acids is 3. The molecule has 3 saturated heterocycles. The van der Waals surface area contributed by atoms with Gasteiger partial charge in [-0.3, -0.25) is 14.4 Å². The molecule has 3 aromatic carbocycles. The van der Waals surface area contributed by atoms with Crippen molar-refractivity contribution in [2.75, 3.05) is 31.1 Å². The van der Waals surface area contributed by atoms with Crippen LogP contribution in [0.1, 0.15) is 37.7 Å². The lowest BCUT2D eigenvalue weighted by Crippen LogP contribution is -2.57. The summed E-state index contributed by atoms with van der Waals surface area (Å²) in [6.45, 7) is 9.28. The first-order chi connectivity index (χ1) is 23.3. The Kier molecular flexibility index (Phi) is 10.5. The number of hydrogen-bond donors (Lipinski definition) is 1. The summed E-state index contributed by atoms with van der Waals surface area (Å²) in [6, 6.07) is 22.8. The second kappa shape index (κ2) is 14.8. The molecule has 2 bridgehead atoms. The first-order valence-electron chi connectivity index (χ1n) is 16.9. The zero-order valence-electron chi connectivity index (χ0n) is 27.3. The number of halogens is 1. The number of amides is 3. The number of likely N-dealkylation sites (tertiary alicyclic amines) is 1. The zero-order valence-corrected chi connectivity index (χ0v) is 28.8. The molecule has 48 heavy (non-hydrogen) atoms. The van der Waals surface area contributed by atoms with Gasteiger partial charge in [0.25, 0.3) is 5.91 Å². The van der Waals surface area contributed by atoms with E-state index in [1.54, 1.807) is 26.9 Å². The predicted octanol–water partition coefficient (Wildman–Crippen LogP) is 5.87. The van der Waals surface area contributed by atoms with Gasteiger partial charge in [0, 0.05) is 43.3 Å². The molecule has 0 radical (unpaired) electrons. The van der Waals surface area contributed by atoms with E-state index in [0.29, 0.717) is 44.6 Å². The maximum Gasteiger partial charge on any atom is 0.253 e. The van der Waals surface area contributed by atoms with Crippen LogP contribution in [0.3, 0.4) is 0 Å². The van der Waals surface area contributed by atoms with Crippen molar-refractivity contribution < 1.29 is 24.2 Å². The molecule has 0 aliphatic carbocycles. The summed E-state index contributed by atoms with van der Waals surface area (Å²) in [5.41, 5.74) is 0.526. The molecule has 0 saturated carbocycles. The van der Waals surface area contributed by atoms with E-state index in [0.717, 1.165) is 29.2 Å². The van der Waals surface area contributed by atoms with Crippen LogP contribution in [0.2, 0.25) is 0 Å². The summed E-state index contributed by atoms with van der Waals surface area (Å²) in [5, 5.41) is 11.4. The average molecular weight is 715 g/mol. The Balaban J connectivity index is 1.38. The van der Waals surface area contributed by atoms with Gasteiger partial charge in [0.05, 0.1) is 17.9 Å². The molecule has 1 N–H and O–H groups in total. The highest BCUT2D eigenvalue weighted by molar-refractivity contribution is 9.09. The normalized spacial score (nSPS) is 25.7. The molecule has 3 unspecified atom stereocenters. The number of nitrogens with zero attached hydrogens (tertiary/aromatic N) is 3. The van der Waals surface area contributed by atoms with Gasteiger partial charge in [-0.15, -0.1) is 13.2 Å². The highest BCUT2D eigenvalue weighted by Gasteiger charge is 2.76. The lowest BCUT2D eigenvalue weighted by Gasteiger charge is -2.37. The first-order valence-corrected chi connectivity index (χ1v) is 17.8. The van der Waals surface area contributed by atoms with Gasteiger partial charge in [-0.2, -0.15) is 0 Å². The van der Waals surface area contributed by atoms with Crippen molar-refractivity contribution in [2.45, 2.75) is 61.2 Å². The molecule has 9 heteroatoms. The lowest BCUT2D eigenvalue weighted by atomic mass is 9.70. The van der Waals surface area contributed by atoms with E-state index in [-0.39, 0.29) is 35.7 Å². The van der Waals surface area contributed by atoms with Gasteiger partial charge < -0.3 is 24.5 Å². The Morgan fingerprint density at radius 3 is 2.38 bits per heavy atom. The number of aliphatic hydroxyl groups excluding tert-OH is 1. The van der Waals surface area contributed by atoms with Gasteiger partial charge in [-0.25, -0.2) is 0 Å². The first kappa shape index (κ1) is 34.1. The minimum absolute atomic E-state index is 0.118. The summed E-state index contributed by atoms with van der Waals surface area (Å²) < 4.78 is 6.83. The summed E-state index contributed by atoms with van der Waals surface area (Å²) in [4.78, 5) is 49.1. The molecule has 3 fully saturated rings. The Labute approximate surface area is 291 Å². The smallest absolute Gasteiger partial charge is 0.253 e. The van der Waals surface area contributed by atoms with Crippen LogP contribution < -0.4 is 4.90 Å². The summed E-state index contributed by atoms with van der Waals surface area (Å²) in [5.74, 6) is -2.15. The lowest BCUT2D eigenvalue weighted by molar-refractivity contribution is -0.145. The van der Waals surface area contributed by atoms with Gasteiger partial charge in [0.15, 0.2) is 0 Å². The van der Waals surface area contributed by atoms with Gasteiger partial charge in [0.2, 0.25) is 11.8 Å². The monoisotopic (exact) mass is 713 g/mol. The molecule has 3 amide bonds. The Morgan fingerprint density at radius 1 is 0.938 bits per heavy atom. The summed E-state index contributed by atoms with van der Waals surface area (Å²) >= 11 is 3.82. The Bertz CT molecular complexity index is 1670. The van der Waals surface area contributed by atoms with E-state index < -0.39 is 29.6 Å². The van der Waals surface area contributed by atoms with Gasteiger partial charge >= 0.3 is 0 Å². The number of alkyl halides is 1. The molecular weight excluding hydrogens is 670 g/mol. The van der Waals surface area contributed by atoms with Crippen molar-refractivity contribution in [1.82, 2.24) is 9.80 Å². The molecule has 8 nitrogen and oxygen atoms in total. The van der Waals surface area contributed by atoms with E-state index in [2.05, 4.69) is 29.1 Å². The largest absolute Gasteiger partial charge is 0.396 e. The topological polar surface area (TPSA) is 90.4 Å². The molecule has 3 aliphatic rings. The number of aliphatic hydroxyl groups is 1. The Morgan fingerprint density at radius 2 is 1.65 bits per heavy atom. The van der Waals surface area contributed by atoms with Crippen molar-refractivity contribution in [3.8, 4) is 0 Å². The maximum atomic E-state index is 15.0. The predicted molar refractivity (Wildman–Crippen MR) is 192 cm³/mol. The zero-order chi connectivity index (χ0) is 33.8. The third-order valence-corrected chi connectivity index (χ3v) is 11.0. The SMILES string of the molecule is C=CCN(Cc1ccccc1)C(=O)[C@H]1[C@@H]2OC3(CC2Br)C(C(=O)N(CC=C)c2ccc4ccccc4c2)N(CCCCCCO)C(=O)[C@H]13. The summed E-state index contributed by atoms with van der Waals surface area (Å²) in [7, 11) is 0. The number of ether oxygens (including phenoxy) is 1. The van der Waals surface area contributed by atoms with Crippen molar-refractivity contribution in [3.05, 3.63) is 104 Å². The van der Waals surface area contributed by atoms with Crippen LogP contribution in [0, 0.1) is 11.8 Å². The van der Waals surface area contributed by atoms with Crippen LogP contribution in [-0.4, -0.2) is 81.4 Å². The Hall–Kier alpha value is -3.79. The molecule has 3 aliphatic heterocycles. The molecule has 1 spiro atoms. The van der Waals surface area contributed by atoms with Crippen molar-refractivity contribution in [3.63, 3.8) is 0 Å². The number of fused-ring (bicyclic) bond motifs is 2. The van der Waals surface area contributed by atoms with Crippen LogP contribution >= 0.6 is 15.9 Å². The number of carbonyl (C=O) groups is 3. The number of hydrogen-bond acceptors (Lipinski definition) is 5. The van der Waals surface area contributed by atoms with Crippen LogP contribution in [0.25, 0.3) is 10.8 Å². The van der Waals surface area contributed by atoms with Crippen molar-refractivity contribution >= 4 is 50.1 Å². The van der Waals surface area contributed by atoms with E-state index in [4.69, 9.17) is 4.74 Å². The molecular formula is C39H44BrN3O5. The van der Waals surface area contributed by atoms with E-state index in [9.17, 15) is 19.5 Å². The van der Waals surface area contributed by atoms with Gasteiger partial charge in [-0.1, -0.05) is 102 Å². The number of rotatable bonds is 15. The third-order valence-electron chi connectivity index (χ3n) is 10.1. The van der Waals surface area contributed by atoms with E-state index >= 15 is 0 Å². The molecule has 3 heterocycles. The quantitative estimate of drug-likeness (QED) is 0.121. The van der Waals surface area contributed by atoms with Crippen LogP contribution in [-0.2, 0) is 25.7 Å². The molecule has 3 aromatic rings. The van der Waals surface area contributed by atoms with Crippen molar-refractivity contribution in [1.29, 1.82) is 0 Å². The van der Waals surface area contributed by atoms with Gasteiger partial charge in [0.1, 0.15) is 11.6 Å². The standard InChI is InChI=1S/C39H44BrN3O5/c1-3-20-41(26-27-14-8-7-9-15-27)36(45)32-33-37(46)43(22-12-5-6-13-23-44)35(39(33)25-31(40)34(32)48-39)38(47)42(21-4-2)30-19-18-28-16-10-11-17-29(28)24-30/h3-4,7-11,14-19,24,31-35,44H,1-2,5-6,12-13,20-23,25-26H2/t31?,32-,33+,34-,35?,39?/m1/s1. The molecule has 0 aromatic heterocycles. The summed E-state index contributed by atoms with van der Waals surface area (Å²) in [6.07, 6.45) is 6.28. The van der Waals surface area contributed by atoms with Crippen LogP contribution in [0.5, 0.6) is 0 Å². The fourth-order valence-electron chi connectivity index (χ4n) is 8.03. The molecule has 6 rings (SSSR count). The second-order valence-electron chi connectivity index (χ2n) is 13.1. The third kappa shape index (κ3) is 6.24. The van der Waals surface area contributed by atoms with Gasteiger partial charge in [-0.05, 0) is 47.7 Å². The maximum absolute atomic E-state index is 15.0. The molecule has 6 atom stereocenters. The highest BCUT2D eigenvalue weighted by atomic mass is 79.9. The second-order valence-corrected chi connectivity index (χ2v) is 14.3. The fraction of sp³-hybridized carbons (Fsp3) is 0.410. The fourth-order valence-corrected chi connectivity index (χ4v) is 8.97. The average Bonchev–Trinajstić information content (AvgIpc) is 3.69. The number of benzene rings is 3. The van der Waals surface area contributed by atoms with E-state index in [1.807, 2.05) is 72.8 Å². The minimum atomic E-state index is -1.17. The van der Waals surface area contributed by atoms with E-state index in [1.165, 1.54) is 0 Å². The van der Waals surface area contributed by atoms with Crippen LogP contribution in [0.15, 0.2) is 98.1 Å². The number of unbranched alkanes of at least 4 members (excludes halogenated alkanes) is 3. The number of anilines is 1. The van der Waals surface area contributed by atoms with Crippen molar-refractivity contribution in [2.24, 2.45) is 11.8 Å². The van der Waals surface area contributed by atoms with Crippen LogP contribution in [0.4, 0.5) is 5.69 Å². The highest BCUT2D eigenvalue weighted by Crippen LogP contribution is 2.60. The molecule has 252 valence electrons. The minimum Gasteiger partial charge on any atom is -0.396 e.